The van der Waals surface area contributed by atoms with Crippen molar-refractivity contribution < 1.29 is 23.8 Å². The molecular formula is C38H52O5. The van der Waals surface area contributed by atoms with Crippen LogP contribution in [0.3, 0.4) is 0 Å². The van der Waals surface area contributed by atoms with E-state index in [0.717, 1.165) is 65.0 Å². The van der Waals surface area contributed by atoms with E-state index in [1.165, 1.54) is 12.7 Å². The summed E-state index contributed by atoms with van der Waals surface area (Å²) in [6, 6.07) is 10.2. The molecule has 0 aliphatic carbocycles. The van der Waals surface area contributed by atoms with Crippen molar-refractivity contribution in [3.63, 3.8) is 0 Å². The average molecular weight is 589 g/mol. The van der Waals surface area contributed by atoms with Gasteiger partial charge in [-0.1, -0.05) is 68.0 Å². The molecule has 234 valence electrons. The fourth-order valence-electron chi connectivity index (χ4n) is 6.01. The summed E-state index contributed by atoms with van der Waals surface area (Å²) in [5, 5.41) is 0. The van der Waals surface area contributed by atoms with Crippen molar-refractivity contribution >= 4 is 11.8 Å². The molecule has 1 aliphatic heterocycles. The summed E-state index contributed by atoms with van der Waals surface area (Å²) in [5.74, 6) is 0.527. The zero-order valence-corrected chi connectivity index (χ0v) is 27.8. The number of hydrogen-bond donors (Lipinski definition) is 0. The lowest BCUT2D eigenvalue weighted by molar-refractivity contribution is -0.151. The number of allylic oxidation sites excluding steroid dienone is 4. The van der Waals surface area contributed by atoms with E-state index in [1.807, 2.05) is 38.1 Å². The molecule has 5 heteroatoms. The summed E-state index contributed by atoms with van der Waals surface area (Å²) >= 11 is 0. The van der Waals surface area contributed by atoms with Crippen LogP contribution in [0.25, 0.3) is 0 Å². The van der Waals surface area contributed by atoms with Crippen molar-refractivity contribution in [2.45, 2.75) is 106 Å². The first kappa shape index (κ1) is 34.2. The number of methoxy groups -OCH3 is 1. The summed E-state index contributed by atoms with van der Waals surface area (Å²) in [5.41, 5.74) is 6.05. The fourth-order valence-corrected chi connectivity index (χ4v) is 6.01. The van der Waals surface area contributed by atoms with Gasteiger partial charge in [-0.05, 0) is 108 Å². The maximum atomic E-state index is 13.7. The molecule has 1 unspecified atom stereocenters. The minimum absolute atomic E-state index is 0.138. The Bertz CT molecular complexity index is 1320. The number of Topliss-reactive ketones (excluding diaryl/α,β-unsaturated/α-hetero) is 1. The van der Waals surface area contributed by atoms with E-state index in [2.05, 4.69) is 65.8 Å². The molecule has 43 heavy (non-hydrogen) atoms. The molecule has 0 amide bonds. The molecule has 0 bridgehead atoms. The van der Waals surface area contributed by atoms with Gasteiger partial charge in [0.15, 0.2) is 5.78 Å². The predicted molar refractivity (Wildman–Crippen MR) is 175 cm³/mol. The second-order valence-electron chi connectivity index (χ2n) is 13.0. The van der Waals surface area contributed by atoms with Gasteiger partial charge in [-0.3, -0.25) is 9.59 Å². The van der Waals surface area contributed by atoms with Crippen LogP contribution in [0.1, 0.15) is 94.5 Å². The standard InChI is InChI=1S/C38H52O5/c1-25(2)15-13-16-26(3)17-14-18-27(4)34(37(40)41-9)33(39)23-38(8)22-21-32-30(7)35(28(5)29(6)36(32)43-38)42-24-31-19-11-10-12-20-31/h10-12,14-15,18-20,26-27,34H,13,16-17,21-24H2,1-9H3/b18-14+/t26-,27-,34?,38+/m1/s1. The van der Waals surface area contributed by atoms with Gasteiger partial charge in [0, 0.05) is 12.0 Å². The largest absolute Gasteiger partial charge is 0.488 e. The van der Waals surface area contributed by atoms with Crippen molar-refractivity contribution in [2.75, 3.05) is 7.11 Å². The van der Waals surface area contributed by atoms with E-state index in [0.29, 0.717) is 18.9 Å². The van der Waals surface area contributed by atoms with Crippen molar-refractivity contribution in [2.24, 2.45) is 17.8 Å². The zero-order chi connectivity index (χ0) is 31.7. The number of ketones is 1. The van der Waals surface area contributed by atoms with Crippen molar-refractivity contribution in [1.29, 1.82) is 0 Å². The molecule has 1 heterocycles. The van der Waals surface area contributed by atoms with Crippen LogP contribution >= 0.6 is 0 Å². The summed E-state index contributed by atoms with van der Waals surface area (Å²) in [7, 11) is 1.35. The highest BCUT2D eigenvalue weighted by atomic mass is 16.5. The Morgan fingerprint density at radius 1 is 1.05 bits per heavy atom. The quantitative estimate of drug-likeness (QED) is 0.125. The number of rotatable bonds is 14. The van der Waals surface area contributed by atoms with Gasteiger partial charge in [0.1, 0.15) is 29.6 Å². The van der Waals surface area contributed by atoms with Gasteiger partial charge >= 0.3 is 5.97 Å². The Morgan fingerprint density at radius 2 is 1.74 bits per heavy atom. The van der Waals surface area contributed by atoms with Gasteiger partial charge in [-0.2, -0.15) is 0 Å². The highest BCUT2D eigenvalue weighted by Gasteiger charge is 2.41. The number of benzene rings is 2. The maximum absolute atomic E-state index is 13.7. The van der Waals surface area contributed by atoms with Crippen molar-refractivity contribution in [1.82, 2.24) is 0 Å². The molecule has 0 aromatic heterocycles. The molecule has 1 aliphatic rings. The molecule has 0 saturated heterocycles. The minimum atomic E-state index is -0.859. The van der Waals surface area contributed by atoms with Gasteiger partial charge < -0.3 is 14.2 Å². The molecule has 2 aromatic carbocycles. The van der Waals surface area contributed by atoms with E-state index >= 15 is 0 Å². The van der Waals surface area contributed by atoms with E-state index in [9.17, 15) is 9.59 Å². The lowest BCUT2D eigenvalue weighted by atomic mass is 9.80. The van der Waals surface area contributed by atoms with Crippen molar-refractivity contribution in [3.8, 4) is 11.5 Å². The Kier molecular flexibility index (Phi) is 12.2. The molecule has 2 aromatic rings. The molecular weight excluding hydrogens is 536 g/mol. The van der Waals surface area contributed by atoms with E-state index in [-0.39, 0.29) is 18.1 Å². The number of fused-ring (bicyclic) bond motifs is 1. The number of hydrogen-bond acceptors (Lipinski definition) is 5. The summed E-state index contributed by atoms with van der Waals surface area (Å²) in [6.45, 7) is 17.1. The number of carbonyl (C=O) groups is 2. The first-order valence-electron chi connectivity index (χ1n) is 15.8. The zero-order valence-electron chi connectivity index (χ0n) is 27.8. The lowest BCUT2D eigenvalue weighted by Gasteiger charge is -2.38. The fraction of sp³-hybridized carbons (Fsp3) is 0.526. The van der Waals surface area contributed by atoms with Crippen LogP contribution in [-0.2, 0) is 27.4 Å². The molecule has 0 saturated carbocycles. The van der Waals surface area contributed by atoms with Gasteiger partial charge in [-0.15, -0.1) is 0 Å². The smallest absolute Gasteiger partial charge is 0.316 e. The number of esters is 1. The molecule has 5 nitrogen and oxygen atoms in total. The second-order valence-corrected chi connectivity index (χ2v) is 13.0. The average Bonchev–Trinajstić information content (AvgIpc) is 2.96. The van der Waals surface area contributed by atoms with Gasteiger partial charge in [0.05, 0.1) is 7.11 Å². The van der Waals surface area contributed by atoms with Crippen LogP contribution in [0.5, 0.6) is 11.5 Å². The highest BCUT2D eigenvalue weighted by Crippen LogP contribution is 2.45. The first-order chi connectivity index (χ1) is 20.4. The van der Waals surface area contributed by atoms with Gasteiger partial charge in [0.2, 0.25) is 0 Å². The monoisotopic (exact) mass is 588 g/mol. The molecule has 0 N–H and O–H groups in total. The lowest BCUT2D eigenvalue weighted by Crippen LogP contribution is -2.42. The molecule has 0 spiro atoms. The Hall–Kier alpha value is -3.34. The third-order valence-electron chi connectivity index (χ3n) is 8.86. The van der Waals surface area contributed by atoms with E-state index in [4.69, 9.17) is 14.2 Å². The van der Waals surface area contributed by atoms with E-state index < -0.39 is 17.5 Å². The van der Waals surface area contributed by atoms with Crippen LogP contribution in [-0.4, -0.2) is 24.5 Å². The predicted octanol–water partition coefficient (Wildman–Crippen LogP) is 8.99. The van der Waals surface area contributed by atoms with Crippen LogP contribution in [0.15, 0.2) is 54.1 Å². The van der Waals surface area contributed by atoms with Gasteiger partial charge in [-0.25, -0.2) is 0 Å². The SMILES string of the molecule is COC(=O)C(C(=O)C[C@]1(C)CCc2c(C)c(OCc3ccccc3)c(C)c(C)c2O1)[C@H](C)/C=C/C[C@H](C)CCC=C(C)C. The normalized spacial score (nSPS) is 18.3. The molecule has 3 rings (SSSR count). The third-order valence-corrected chi connectivity index (χ3v) is 8.86. The van der Waals surface area contributed by atoms with Gasteiger partial charge in [0.25, 0.3) is 0 Å². The second kappa shape index (κ2) is 15.4. The van der Waals surface area contributed by atoms with Crippen LogP contribution < -0.4 is 9.47 Å². The highest BCUT2D eigenvalue weighted by molar-refractivity contribution is 6.00. The van der Waals surface area contributed by atoms with E-state index in [1.54, 1.807) is 0 Å². The van der Waals surface area contributed by atoms with Crippen LogP contribution in [0.2, 0.25) is 0 Å². The summed E-state index contributed by atoms with van der Waals surface area (Å²) in [4.78, 5) is 26.6. The van der Waals surface area contributed by atoms with Crippen LogP contribution in [0, 0.1) is 38.5 Å². The van der Waals surface area contributed by atoms with Crippen LogP contribution in [0.4, 0.5) is 0 Å². The number of ether oxygens (including phenoxy) is 3. The Labute approximate surface area is 259 Å². The summed E-state index contributed by atoms with van der Waals surface area (Å²) in [6.07, 6.45) is 11.1. The van der Waals surface area contributed by atoms with Crippen molar-refractivity contribution in [3.05, 3.63) is 82.0 Å². The number of carbonyl (C=O) groups excluding carboxylic acids is 2. The molecule has 4 atom stereocenters. The minimum Gasteiger partial charge on any atom is -0.488 e. The summed E-state index contributed by atoms with van der Waals surface area (Å²) < 4.78 is 18.1. The Morgan fingerprint density at radius 3 is 2.40 bits per heavy atom. The first-order valence-corrected chi connectivity index (χ1v) is 15.8. The molecule has 0 radical (unpaired) electrons. The Balaban J connectivity index is 1.72. The topological polar surface area (TPSA) is 61.8 Å². The maximum Gasteiger partial charge on any atom is 0.316 e. The third kappa shape index (κ3) is 9.08. The molecule has 0 fully saturated rings.